The van der Waals surface area contributed by atoms with Gasteiger partial charge in [0.25, 0.3) is 0 Å². The molecule has 1 aliphatic heterocycles. The van der Waals surface area contributed by atoms with Crippen LogP contribution in [0, 0.1) is 13.8 Å². The summed E-state index contributed by atoms with van der Waals surface area (Å²) in [5.74, 6) is 0. The molecule has 3 rings (SSSR count). The standard InChI is InChI=1S/C19H22N2O4S2/c1-16-5-9-18(10-6-16)26(22,23)20-13-3-4-14-21(15-20)27(24,25)19-11-7-17(2)8-12-19/h3-12H,13-15H2,1-2H3. The maximum absolute atomic E-state index is 13.0. The zero-order valence-electron chi connectivity index (χ0n) is 15.2. The second-order valence-electron chi connectivity index (χ2n) is 6.52. The fourth-order valence-electron chi connectivity index (χ4n) is 2.74. The predicted molar refractivity (Wildman–Crippen MR) is 104 cm³/mol. The van der Waals surface area contributed by atoms with E-state index < -0.39 is 20.0 Å². The smallest absolute Gasteiger partial charge is 0.207 e. The SMILES string of the molecule is Cc1ccc(S(=O)(=O)N2CC=CCN(S(=O)(=O)c3ccc(C)cc3)C2)cc1. The maximum Gasteiger partial charge on any atom is 0.244 e. The molecule has 0 fully saturated rings. The summed E-state index contributed by atoms with van der Waals surface area (Å²) in [4.78, 5) is 0.298. The molecule has 0 atom stereocenters. The number of aryl methyl sites for hydroxylation is 2. The van der Waals surface area contributed by atoms with Gasteiger partial charge < -0.3 is 0 Å². The Morgan fingerprint density at radius 2 is 0.963 bits per heavy atom. The number of nitrogens with zero attached hydrogens (tertiary/aromatic N) is 2. The Morgan fingerprint density at radius 3 is 1.30 bits per heavy atom. The van der Waals surface area contributed by atoms with Gasteiger partial charge in [-0.3, -0.25) is 0 Å². The summed E-state index contributed by atoms with van der Waals surface area (Å²) >= 11 is 0. The summed E-state index contributed by atoms with van der Waals surface area (Å²) in [5.41, 5.74) is 1.90. The highest BCUT2D eigenvalue weighted by molar-refractivity contribution is 7.90. The van der Waals surface area contributed by atoms with Gasteiger partial charge in [-0.15, -0.1) is 0 Å². The molecule has 144 valence electrons. The van der Waals surface area contributed by atoms with Crippen LogP contribution in [0.1, 0.15) is 11.1 Å². The van der Waals surface area contributed by atoms with E-state index in [0.717, 1.165) is 11.1 Å². The average molecular weight is 407 g/mol. The predicted octanol–water partition coefficient (Wildman–Crippen LogP) is 2.51. The topological polar surface area (TPSA) is 74.8 Å². The molecule has 0 N–H and O–H groups in total. The number of sulfonamides is 2. The van der Waals surface area contributed by atoms with E-state index in [-0.39, 0.29) is 29.5 Å². The average Bonchev–Trinajstić information content (AvgIpc) is 2.90. The van der Waals surface area contributed by atoms with Crippen LogP contribution in [-0.4, -0.2) is 45.2 Å². The van der Waals surface area contributed by atoms with Crippen molar-refractivity contribution in [2.75, 3.05) is 19.8 Å². The minimum Gasteiger partial charge on any atom is -0.207 e. The molecule has 0 amide bonds. The van der Waals surface area contributed by atoms with Gasteiger partial charge in [-0.25, -0.2) is 16.8 Å². The highest BCUT2D eigenvalue weighted by atomic mass is 32.2. The molecule has 2 aromatic carbocycles. The Kier molecular flexibility index (Phi) is 5.53. The van der Waals surface area contributed by atoms with Gasteiger partial charge in [0, 0.05) is 13.1 Å². The van der Waals surface area contributed by atoms with Crippen molar-refractivity contribution in [1.82, 2.24) is 8.61 Å². The van der Waals surface area contributed by atoms with Crippen LogP contribution in [0.15, 0.2) is 70.5 Å². The highest BCUT2D eigenvalue weighted by Gasteiger charge is 2.32. The molecule has 0 aliphatic carbocycles. The molecule has 8 heteroatoms. The van der Waals surface area contributed by atoms with Gasteiger partial charge in [0.05, 0.1) is 16.5 Å². The lowest BCUT2D eigenvalue weighted by atomic mass is 10.2. The lowest BCUT2D eigenvalue weighted by Gasteiger charge is -2.26. The van der Waals surface area contributed by atoms with E-state index >= 15 is 0 Å². The van der Waals surface area contributed by atoms with Gasteiger partial charge in [-0.2, -0.15) is 8.61 Å². The van der Waals surface area contributed by atoms with Gasteiger partial charge in [0.1, 0.15) is 0 Å². The van der Waals surface area contributed by atoms with Gasteiger partial charge in [0.15, 0.2) is 0 Å². The van der Waals surface area contributed by atoms with E-state index in [0.29, 0.717) is 0 Å². The van der Waals surface area contributed by atoms with Crippen molar-refractivity contribution in [2.24, 2.45) is 0 Å². The summed E-state index contributed by atoms with van der Waals surface area (Å²) in [7, 11) is -7.62. The Bertz CT molecular complexity index is 956. The number of benzene rings is 2. The molecule has 1 aliphatic rings. The van der Waals surface area contributed by atoms with Crippen molar-refractivity contribution in [3.05, 3.63) is 71.8 Å². The van der Waals surface area contributed by atoms with Crippen LogP contribution in [0.5, 0.6) is 0 Å². The zero-order chi connectivity index (χ0) is 19.7. The molecule has 6 nitrogen and oxygen atoms in total. The third-order valence-corrected chi connectivity index (χ3v) is 8.04. The summed E-state index contributed by atoms with van der Waals surface area (Å²) < 4.78 is 54.2. The molecule has 0 saturated heterocycles. The molecule has 27 heavy (non-hydrogen) atoms. The third kappa shape index (κ3) is 4.14. The quantitative estimate of drug-likeness (QED) is 0.731. The van der Waals surface area contributed by atoms with Crippen LogP contribution >= 0.6 is 0 Å². The molecule has 0 unspecified atom stereocenters. The summed E-state index contributed by atoms with van der Waals surface area (Å²) in [6, 6.07) is 13.1. The monoisotopic (exact) mass is 406 g/mol. The first-order valence-corrected chi connectivity index (χ1v) is 11.4. The first-order valence-electron chi connectivity index (χ1n) is 8.50. The van der Waals surface area contributed by atoms with Crippen molar-refractivity contribution < 1.29 is 16.8 Å². The van der Waals surface area contributed by atoms with Crippen LogP contribution in [0.3, 0.4) is 0 Å². The van der Waals surface area contributed by atoms with Crippen LogP contribution in [0.2, 0.25) is 0 Å². The normalized spacial score (nSPS) is 17.0. The molecule has 1 heterocycles. The van der Waals surface area contributed by atoms with E-state index in [2.05, 4.69) is 0 Å². The lowest BCUT2D eigenvalue weighted by Crippen LogP contribution is -2.43. The Balaban J connectivity index is 1.93. The Labute approximate surface area is 160 Å². The van der Waals surface area contributed by atoms with E-state index in [9.17, 15) is 16.8 Å². The highest BCUT2D eigenvalue weighted by Crippen LogP contribution is 2.22. The van der Waals surface area contributed by atoms with Crippen molar-refractivity contribution in [2.45, 2.75) is 23.6 Å². The van der Waals surface area contributed by atoms with Crippen LogP contribution < -0.4 is 0 Å². The lowest BCUT2D eigenvalue weighted by molar-refractivity contribution is 0.325. The molecule has 2 aromatic rings. The van der Waals surface area contributed by atoms with Gasteiger partial charge in [0.2, 0.25) is 20.0 Å². The molecular formula is C19H22N2O4S2. The van der Waals surface area contributed by atoms with Gasteiger partial charge in [-0.05, 0) is 38.1 Å². The fourth-order valence-corrected chi connectivity index (χ4v) is 5.52. The van der Waals surface area contributed by atoms with Crippen LogP contribution in [-0.2, 0) is 20.0 Å². The molecule has 0 saturated carbocycles. The van der Waals surface area contributed by atoms with E-state index in [1.165, 1.54) is 32.9 Å². The second-order valence-corrected chi connectivity index (χ2v) is 10.4. The van der Waals surface area contributed by atoms with E-state index in [1.807, 2.05) is 13.8 Å². The van der Waals surface area contributed by atoms with Crippen molar-refractivity contribution in [3.63, 3.8) is 0 Å². The van der Waals surface area contributed by atoms with Crippen molar-refractivity contribution in [3.8, 4) is 0 Å². The number of hydrogen-bond acceptors (Lipinski definition) is 4. The third-order valence-electron chi connectivity index (χ3n) is 4.42. The first-order chi connectivity index (χ1) is 12.7. The number of hydrogen-bond donors (Lipinski definition) is 0. The summed E-state index contributed by atoms with van der Waals surface area (Å²) in [6.07, 6.45) is 3.35. The molecular weight excluding hydrogens is 384 g/mol. The van der Waals surface area contributed by atoms with Crippen molar-refractivity contribution >= 4 is 20.0 Å². The summed E-state index contributed by atoms with van der Waals surface area (Å²) in [6.45, 7) is 3.76. The fraction of sp³-hybridized carbons (Fsp3) is 0.263. The largest absolute Gasteiger partial charge is 0.244 e. The van der Waals surface area contributed by atoms with Crippen molar-refractivity contribution in [1.29, 1.82) is 0 Å². The minimum atomic E-state index is -3.81. The summed E-state index contributed by atoms with van der Waals surface area (Å²) in [5, 5.41) is 0. The van der Waals surface area contributed by atoms with Gasteiger partial charge in [-0.1, -0.05) is 47.5 Å². The molecule has 0 bridgehead atoms. The first kappa shape index (κ1) is 19.8. The Hall–Kier alpha value is -2.00. The molecule has 0 radical (unpaired) electrons. The van der Waals surface area contributed by atoms with Gasteiger partial charge >= 0.3 is 0 Å². The number of rotatable bonds is 4. The van der Waals surface area contributed by atoms with Crippen LogP contribution in [0.25, 0.3) is 0 Å². The zero-order valence-corrected chi connectivity index (χ0v) is 16.9. The maximum atomic E-state index is 13.0. The molecule has 0 aromatic heterocycles. The minimum absolute atomic E-state index is 0.121. The van der Waals surface area contributed by atoms with E-state index in [1.54, 1.807) is 36.4 Å². The second kappa shape index (κ2) is 7.55. The molecule has 0 spiro atoms. The Morgan fingerprint density at radius 1 is 0.630 bits per heavy atom. The van der Waals surface area contributed by atoms with Crippen LogP contribution in [0.4, 0.5) is 0 Å². The van der Waals surface area contributed by atoms with E-state index in [4.69, 9.17) is 0 Å².